The summed E-state index contributed by atoms with van der Waals surface area (Å²) in [7, 11) is 3.43. The van der Waals surface area contributed by atoms with Gasteiger partial charge in [0, 0.05) is 64.5 Å². The van der Waals surface area contributed by atoms with Crippen molar-refractivity contribution in [2.45, 2.75) is 26.3 Å². The number of aliphatic imine (C=N–C) groups is 1. The van der Waals surface area contributed by atoms with Gasteiger partial charge in [0.1, 0.15) is 11.5 Å². The standard InChI is InChI=1S/C24H41N5O3/c1-4-25-24(26-9-5-6-10-27-15-17-32-18-16-27)29-13-11-28(12-14-29)20-21-19-22(30-2)7-8-23(21)31-3/h7-8,19H,4-6,9-18,20H2,1-3H3,(H,25,26). The SMILES string of the molecule is CCNC(=NCCCCN1CCOCC1)N1CCN(Cc2cc(OC)ccc2OC)CC1. The van der Waals surface area contributed by atoms with Gasteiger partial charge in [0.25, 0.3) is 0 Å². The average molecular weight is 448 g/mol. The summed E-state index contributed by atoms with van der Waals surface area (Å²) < 4.78 is 16.4. The second-order valence-corrected chi connectivity index (χ2v) is 8.34. The van der Waals surface area contributed by atoms with Crippen molar-refractivity contribution >= 4 is 5.96 Å². The number of piperazine rings is 1. The van der Waals surface area contributed by atoms with Crippen LogP contribution in [0.25, 0.3) is 0 Å². The molecule has 2 fully saturated rings. The number of benzene rings is 1. The van der Waals surface area contributed by atoms with Gasteiger partial charge in [-0.3, -0.25) is 14.8 Å². The number of hydrogen-bond acceptors (Lipinski definition) is 6. The first kappa shape index (κ1) is 24.6. The molecular weight excluding hydrogens is 406 g/mol. The van der Waals surface area contributed by atoms with Crippen molar-refractivity contribution in [3.63, 3.8) is 0 Å². The second kappa shape index (κ2) is 13.5. The van der Waals surface area contributed by atoms with Crippen LogP contribution in [-0.4, -0.2) is 107 Å². The van der Waals surface area contributed by atoms with E-state index in [1.807, 2.05) is 12.1 Å². The Kier molecular flexibility index (Phi) is 10.4. The Morgan fingerprint density at radius 3 is 2.47 bits per heavy atom. The Labute approximate surface area is 193 Å². The van der Waals surface area contributed by atoms with Gasteiger partial charge in [-0.15, -0.1) is 0 Å². The van der Waals surface area contributed by atoms with E-state index in [0.717, 1.165) is 103 Å². The average Bonchev–Trinajstić information content (AvgIpc) is 2.84. The summed E-state index contributed by atoms with van der Waals surface area (Å²) in [5, 5.41) is 3.48. The van der Waals surface area contributed by atoms with Crippen molar-refractivity contribution in [2.24, 2.45) is 4.99 Å². The number of methoxy groups -OCH3 is 2. The maximum atomic E-state index is 5.55. The molecule has 3 rings (SSSR count). The van der Waals surface area contributed by atoms with Crippen LogP contribution in [0.3, 0.4) is 0 Å². The van der Waals surface area contributed by atoms with Gasteiger partial charge in [-0.25, -0.2) is 0 Å². The molecule has 2 saturated heterocycles. The summed E-state index contributed by atoms with van der Waals surface area (Å²) >= 11 is 0. The molecule has 180 valence electrons. The minimum atomic E-state index is 0.865. The number of guanidine groups is 1. The fourth-order valence-electron chi connectivity index (χ4n) is 4.25. The molecule has 2 aliphatic rings. The van der Waals surface area contributed by atoms with Gasteiger partial charge in [0.2, 0.25) is 0 Å². The highest BCUT2D eigenvalue weighted by atomic mass is 16.5. The molecule has 2 aliphatic heterocycles. The molecule has 1 aromatic rings. The van der Waals surface area contributed by atoms with Crippen LogP contribution >= 0.6 is 0 Å². The quantitative estimate of drug-likeness (QED) is 0.334. The zero-order chi connectivity index (χ0) is 22.6. The van der Waals surface area contributed by atoms with Crippen molar-refractivity contribution in [3.8, 4) is 11.5 Å². The maximum absolute atomic E-state index is 5.55. The minimum Gasteiger partial charge on any atom is -0.497 e. The monoisotopic (exact) mass is 447 g/mol. The third kappa shape index (κ3) is 7.53. The molecule has 0 amide bonds. The molecule has 0 bridgehead atoms. The summed E-state index contributed by atoms with van der Waals surface area (Å²) in [5.74, 6) is 2.84. The number of nitrogens with zero attached hydrogens (tertiary/aromatic N) is 4. The third-order valence-electron chi connectivity index (χ3n) is 6.14. The molecule has 0 aromatic heterocycles. The van der Waals surface area contributed by atoms with E-state index in [-0.39, 0.29) is 0 Å². The number of ether oxygens (including phenoxy) is 3. The molecular formula is C24H41N5O3. The first-order valence-corrected chi connectivity index (χ1v) is 12.0. The smallest absolute Gasteiger partial charge is 0.194 e. The topological polar surface area (TPSA) is 61.8 Å². The summed E-state index contributed by atoms with van der Waals surface area (Å²) in [6, 6.07) is 6.01. The maximum Gasteiger partial charge on any atom is 0.194 e. The van der Waals surface area contributed by atoms with E-state index in [1.54, 1.807) is 14.2 Å². The minimum absolute atomic E-state index is 0.865. The summed E-state index contributed by atoms with van der Waals surface area (Å²) in [4.78, 5) is 12.3. The van der Waals surface area contributed by atoms with E-state index >= 15 is 0 Å². The van der Waals surface area contributed by atoms with Crippen molar-refractivity contribution in [3.05, 3.63) is 23.8 Å². The molecule has 0 spiro atoms. The lowest BCUT2D eigenvalue weighted by molar-refractivity contribution is 0.0373. The van der Waals surface area contributed by atoms with Gasteiger partial charge in [-0.1, -0.05) is 0 Å². The molecule has 8 nitrogen and oxygen atoms in total. The van der Waals surface area contributed by atoms with Crippen molar-refractivity contribution in [1.29, 1.82) is 0 Å². The normalized spacial score (nSPS) is 18.6. The predicted molar refractivity (Wildman–Crippen MR) is 129 cm³/mol. The summed E-state index contributed by atoms with van der Waals surface area (Å²) in [6.07, 6.45) is 2.32. The lowest BCUT2D eigenvalue weighted by Gasteiger charge is -2.36. The predicted octanol–water partition coefficient (Wildman–Crippen LogP) is 1.90. The number of hydrogen-bond donors (Lipinski definition) is 1. The van der Waals surface area contributed by atoms with Gasteiger partial charge in [-0.2, -0.15) is 0 Å². The van der Waals surface area contributed by atoms with Gasteiger partial charge >= 0.3 is 0 Å². The van der Waals surface area contributed by atoms with Crippen molar-refractivity contribution in [1.82, 2.24) is 20.0 Å². The van der Waals surface area contributed by atoms with Crippen LogP contribution in [0.4, 0.5) is 0 Å². The Morgan fingerprint density at radius 1 is 1.00 bits per heavy atom. The molecule has 2 heterocycles. The summed E-state index contributed by atoms with van der Waals surface area (Å²) in [6.45, 7) is 13.8. The van der Waals surface area contributed by atoms with Crippen LogP contribution in [0.1, 0.15) is 25.3 Å². The van der Waals surface area contributed by atoms with Crippen LogP contribution in [0.15, 0.2) is 23.2 Å². The van der Waals surface area contributed by atoms with Crippen LogP contribution in [0, 0.1) is 0 Å². The van der Waals surface area contributed by atoms with Crippen molar-refractivity contribution in [2.75, 3.05) is 86.3 Å². The summed E-state index contributed by atoms with van der Waals surface area (Å²) in [5.41, 5.74) is 1.17. The molecule has 0 unspecified atom stereocenters. The molecule has 0 saturated carbocycles. The Hall–Kier alpha value is -2.03. The lowest BCUT2D eigenvalue weighted by Crippen LogP contribution is -2.52. The van der Waals surface area contributed by atoms with Crippen LogP contribution in [-0.2, 0) is 11.3 Å². The Bertz CT molecular complexity index is 701. The first-order valence-electron chi connectivity index (χ1n) is 12.0. The first-order chi connectivity index (χ1) is 15.7. The fraction of sp³-hybridized carbons (Fsp3) is 0.708. The fourth-order valence-corrected chi connectivity index (χ4v) is 4.25. The van der Waals surface area contributed by atoms with Gasteiger partial charge in [-0.05, 0) is 44.5 Å². The molecule has 0 aliphatic carbocycles. The molecule has 1 aromatic carbocycles. The molecule has 0 atom stereocenters. The highest BCUT2D eigenvalue weighted by molar-refractivity contribution is 5.80. The van der Waals surface area contributed by atoms with E-state index in [2.05, 4.69) is 33.0 Å². The van der Waals surface area contributed by atoms with Crippen LogP contribution in [0.2, 0.25) is 0 Å². The highest BCUT2D eigenvalue weighted by Crippen LogP contribution is 2.25. The van der Waals surface area contributed by atoms with Gasteiger partial charge < -0.3 is 24.4 Å². The zero-order valence-electron chi connectivity index (χ0n) is 20.1. The number of morpholine rings is 1. The Morgan fingerprint density at radius 2 is 1.78 bits per heavy atom. The molecule has 1 N–H and O–H groups in total. The number of rotatable bonds is 10. The lowest BCUT2D eigenvalue weighted by atomic mass is 10.1. The van der Waals surface area contributed by atoms with Crippen LogP contribution in [0.5, 0.6) is 11.5 Å². The van der Waals surface area contributed by atoms with E-state index < -0.39 is 0 Å². The Balaban J connectivity index is 1.44. The van der Waals surface area contributed by atoms with E-state index in [1.165, 1.54) is 12.0 Å². The second-order valence-electron chi connectivity index (χ2n) is 8.34. The van der Waals surface area contributed by atoms with E-state index in [9.17, 15) is 0 Å². The largest absolute Gasteiger partial charge is 0.497 e. The molecule has 8 heteroatoms. The van der Waals surface area contributed by atoms with Crippen molar-refractivity contribution < 1.29 is 14.2 Å². The van der Waals surface area contributed by atoms with E-state index in [4.69, 9.17) is 19.2 Å². The van der Waals surface area contributed by atoms with Gasteiger partial charge in [0.05, 0.1) is 27.4 Å². The van der Waals surface area contributed by atoms with Crippen LogP contribution < -0.4 is 14.8 Å². The third-order valence-corrected chi connectivity index (χ3v) is 6.14. The van der Waals surface area contributed by atoms with E-state index in [0.29, 0.717) is 0 Å². The number of nitrogens with one attached hydrogen (secondary N) is 1. The number of unbranched alkanes of at least 4 members (excludes halogenated alkanes) is 1. The van der Waals surface area contributed by atoms with Gasteiger partial charge in [0.15, 0.2) is 5.96 Å². The molecule has 32 heavy (non-hydrogen) atoms. The molecule has 0 radical (unpaired) electrons. The zero-order valence-corrected chi connectivity index (χ0v) is 20.1. The highest BCUT2D eigenvalue weighted by Gasteiger charge is 2.21.